The van der Waals surface area contributed by atoms with E-state index in [9.17, 15) is 4.79 Å². The molecule has 0 spiro atoms. The number of benzene rings is 2. The monoisotopic (exact) mass is 309 g/mol. The third-order valence-corrected chi connectivity index (χ3v) is 3.47. The molecule has 120 valence electrons. The van der Waals surface area contributed by atoms with Crippen molar-refractivity contribution < 1.29 is 9.53 Å². The van der Waals surface area contributed by atoms with Crippen molar-refractivity contribution in [3.05, 3.63) is 72.3 Å². The van der Waals surface area contributed by atoms with Gasteiger partial charge in [-0.1, -0.05) is 51.6 Å². The van der Waals surface area contributed by atoms with Crippen LogP contribution in [0.15, 0.2) is 61.2 Å². The molecule has 0 aliphatic heterocycles. The van der Waals surface area contributed by atoms with Gasteiger partial charge in [0.15, 0.2) is 0 Å². The minimum atomic E-state index is -0.133. The highest BCUT2D eigenvalue weighted by molar-refractivity contribution is 6.04. The van der Waals surface area contributed by atoms with Gasteiger partial charge in [-0.15, -0.1) is 0 Å². The van der Waals surface area contributed by atoms with Gasteiger partial charge in [0.2, 0.25) is 0 Å². The highest BCUT2D eigenvalue weighted by Gasteiger charge is 2.14. The Morgan fingerprint density at radius 3 is 2.48 bits per heavy atom. The first-order valence-corrected chi connectivity index (χ1v) is 7.66. The normalized spacial score (nSPS) is 10.9. The number of rotatable bonds is 5. The van der Waals surface area contributed by atoms with Crippen molar-refractivity contribution in [1.29, 1.82) is 0 Å². The smallest absolute Gasteiger partial charge is 0.255 e. The lowest BCUT2D eigenvalue weighted by Gasteiger charge is -2.19. The standard InChI is InChI=1S/C20H23NO2/c1-5-13-23-18-8-6-7-17(14-18)21-19(22)15-9-11-16(12-10-15)20(2,3)4/h5-12,14H,1,13H2,2-4H3,(H,21,22). The Morgan fingerprint density at radius 2 is 1.87 bits per heavy atom. The van der Waals surface area contributed by atoms with Crippen LogP contribution in [0.1, 0.15) is 36.7 Å². The molecule has 0 saturated heterocycles. The number of hydrogen-bond donors (Lipinski definition) is 1. The highest BCUT2D eigenvalue weighted by Crippen LogP contribution is 2.23. The topological polar surface area (TPSA) is 38.3 Å². The van der Waals surface area contributed by atoms with Crippen LogP contribution in [0.2, 0.25) is 0 Å². The zero-order valence-electron chi connectivity index (χ0n) is 13.9. The molecule has 0 bridgehead atoms. The van der Waals surface area contributed by atoms with Crippen LogP contribution in [0.4, 0.5) is 5.69 Å². The number of nitrogens with one attached hydrogen (secondary N) is 1. The van der Waals surface area contributed by atoms with E-state index in [1.54, 1.807) is 12.1 Å². The van der Waals surface area contributed by atoms with Gasteiger partial charge >= 0.3 is 0 Å². The Labute approximate surface area is 138 Å². The summed E-state index contributed by atoms with van der Waals surface area (Å²) in [5.74, 6) is 0.567. The Hall–Kier alpha value is -2.55. The van der Waals surface area contributed by atoms with Crippen LogP contribution in [0.3, 0.4) is 0 Å². The summed E-state index contributed by atoms with van der Waals surface area (Å²) < 4.78 is 5.47. The molecule has 23 heavy (non-hydrogen) atoms. The molecule has 3 nitrogen and oxygen atoms in total. The van der Waals surface area contributed by atoms with E-state index in [4.69, 9.17) is 4.74 Å². The molecule has 2 aromatic rings. The van der Waals surface area contributed by atoms with Gasteiger partial charge in [0.1, 0.15) is 12.4 Å². The second kappa shape index (κ2) is 7.14. The van der Waals surface area contributed by atoms with Gasteiger partial charge in [0.05, 0.1) is 0 Å². The van der Waals surface area contributed by atoms with Crippen molar-refractivity contribution in [2.75, 3.05) is 11.9 Å². The molecule has 2 rings (SSSR count). The average molecular weight is 309 g/mol. The number of hydrogen-bond acceptors (Lipinski definition) is 2. The van der Waals surface area contributed by atoms with Crippen LogP contribution >= 0.6 is 0 Å². The van der Waals surface area contributed by atoms with Crippen LogP contribution in [-0.2, 0) is 5.41 Å². The summed E-state index contributed by atoms with van der Waals surface area (Å²) in [6.07, 6.45) is 1.68. The lowest BCUT2D eigenvalue weighted by Crippen LogP contribution is -2.14. The quantitative estimate of drug-likeness (QED) is 0.806. The zero-order valence-corrected chi connectivity index (χ0v) is 13.9. The van der Waals surface area contributed by atoms with Crippen molar-refractivity contribution in [1.82, 2.24) is 0 Å². The maximum atomic E-state index is 12.3. The largest absolute Gasteiger partial charge is 0.489 e. The molecule has 0 heterocycles. The summed E-state index contributed by atoms with van der Waals surface area (Å²) in [7, 11) is 0. The Morgan fingerprint density at radius 1 is 1.17 bits per heavy atom. The van der Waals surface area contributed by atoms with Crippen LogP contribution in [0.25, 0.3) is 0 Å². The number of amides is 1. The molecule has 2 aromatic carbocycles. The zero-order chi connectivity index (χ0) is 16.9. The van der Waals surface area contributed by atoms with E-state index in [1.165, 1.54) is 5.56 Å². The fourth-order valence-electron chi connectivity index (χ4n) is 2.14. The maximum absolute atomic E-state index is 12.3. The van der Waals surface area contributed by atoms with Crippen molar-refractivity contribution in [2.24, 2.45) is 0 Å². The van der Waals surface area contributed by atoms with Gasteiger partial charge in [-0.05, 0) is 35.2 Å². The van der Waals surface area contributed by atoms with Gasteiger partial charge in [-0.3, -0.25) is 4.79 Å². The van der Waals surface area contributed by atoms with Crippen molar-refractivity contribution in [3.63, 3.8) is 0 Å². The summed E-state index contributed by atoms with van der Waals surface area (Å²) in [5, 5.41) is 2.89. The van der Waals surface area contributed by atoms with E-state index in [0.717, 1.165) is 0 Å². The Bertz CT molecular complexity index is 682. The second-order valence-electron chi connectivity index (χ2n) is 6.41. The first-order chi connectivity index (χ1) is 10.9. The summed E-state index contributed by atoms with van der Waals surface area (Å²) in [6.45, 7) is 10.5. The molecule has 1 N–H and O–H groups in total. The molecule has 0 fully saturated rings. The summed E-state index contributed by atoms with van der Waals surface area (Å²) in [4.78, 5) is 12.3. The van der Waals surface area contributed by atoms with Crippen molar-refractivity contribution in [2.45, 2.75) is 26.2 Å². The third kappa shape index (κ3) is 4.71. The molecule has 0 aromatic heterocycles. The van der Waals surface area contributed by atoms with E-state index in [0.29, 0.717) is 23.6 Å². The SMILES string of the molecule is C=CCOc1cccc(NC(=O)c2ccc(C(C)(C)C)cc2)c1. The number of anilines is 1. The summed E-state index contributed by atoms with van der Waals surface area (Å²) >= 11 is 0. The van der Waals surface area contributed by atoms with E-state index < -0.39 is 0 Å². The van der Waals surface area contributed by atoms with Gasteiger partial charge in [0, 0.05) is 17.3 Å². The molecule has 0 aliphatic rings. The molecule has 0 saturated carbocycles. The van der Waals surface area contributed by atoms with E-state index in [2.05, 4.69) is 32.7 Å². The van der Waals surface area contributed by atoms with E-state index in [-0.39, 0.29) is 11.3 Å². The molecule has 0 radical (unpaired) electrons. The molecular weight excluding hydrogens is 286 g/mol. The van der Waals surface area contributed by atoms with Crippen molar-refractivity contribution in [3.8, 4) is 5.75 Å². The number of carbonyl (C=O) groups excluding carboxylic acids is 1. The van der Waals surface area contributed by atoms with Crippen LogP contribution in [-0.4, -0.2) is 12.5 Å². The Balaban J connectivity index is 2.08. The lowest BCUT2D eigenvalue weighted by molar-refractivity contribution is 0.102. The minimum Gasteiger partial charge on any atom is -0.489 e. The van der Waals surface area contributed by atoms with Crippen LogP contribution in [0, 0.1) is 0 Å². The first-order valence-electron chi connectivity index (χ1n) is 7.66. The minimum absolute atomic E-state index is 0.0752. The van der Waals surface area contributed by atoms with Gasteiger partial charge in [-0.25, -0.2) is 0 Å². The molecular formula is C20H23NO2. The molecule has 0 aliphatic carbocycles. The fraction of sp³-hybridized carbons (Fsp3) is 0.250. The molecule has 0 unspecified atom stereocenters. The Kier molecular flexibility index (Phi) is 5.22. The second-order valence-corrected chi connectivity index (χ2v) is 6.41. The maximum Gasteiger partial charge on any atom is 0.255 e. The fourth-order valence-corrected chi connectivity index (χ4v) is 2.14. The predicted octanol–water partition coefficient (Wildman–Crippen LogP) is 4.80. The van der Waals surface area contributed by atoms with Crippen LogP contribution < -0.4 is 10.1 Å². The highest BCUT2D eigenvalue weighted by atomic mass is 16.5. The number of carbonyl (C=O) groups is 1. The molecule has 1 amide bonds. The van der Waals surface area contributed by atoms with Gasteiger partial charge in [0.25, 0.3) is 5.91 Å². The average Bonchev–Trinajstić information content (AvgIpc) is 2.52. The first kappa shape index (κ1) is 16.8. The predicted molar refractivity (Wildman–Crippen MR) is 95.2 cm³/mol. The number of ether oxygens (including phenoxy) is 1. The van der Waals surface area contributed by atoms with Crippen molar-refractivity contribution >= 4 is 11.6 Å². The third-order valence-electron chi connectivity index (χ3n) is 3.47. The molecule has 3 heteroatoms. The summed E-state index contributed by atoms with van der Waals surface area (Å²) in [5.41, 5.74) is 2.62. The van der Waals surface area contributed by atoms with Gasteiger partial charge in [-0.2, -0.15) is 0 Å². The summed E-state index contributed by atoms with van der Waals surface area (Å²) in [6, 6.07) is 15.0. The molecule has 0 atom stereocenters. The van der Waals surface area contributed by atoms with E-state index in [1.807, 2.05) is 42.5 Å². The van der Waals surface area contributed by atoms with E-state index >= 15 is 0 Å². The lowest BCUT2D eigenvalue weighted by atomic mass is 9.87. The van der Waals surface area contributed by atoms with Gasteiger partial charge < -0.3 is 10.1 Å². The van der Waals surface area contributed by atoms with Crippen LogP contribution in [0.5, 0.6) is 5.75 Å².